The van der Waals surface area contributed by atoms with Crippen LogP contribution in [0.4, 0.5) is 0 Å². The third-order valence-electron chi connectivity index (χ3n) is 5.06. The third kappa shape index (κ3) is 6.95. The topological polar surface area (TPSA) is 46.2 Å². The van der Waals surface area contributed by atoms with Crippen LogP contribution in [0.3, 0.4) is 0 Å². The van der Waals surface area contributed by atoms with Crippen molar-refractivity contribution >= 4 is 24.2 Å². The van der Waals surface area contributed by atoms with Crippen LogP contribution in [0.15, 0.2) is 30.3 Å². The van der Waals surface area contributed by atoms with Crippen molar-refractivity contribution in [3.8, 4) is 0 Å². The molecular weight excluding hydrogens is 338 g/mol. The number of nitrogens with two attached hydrogens (primary N) is 1. The van der Waals surface area contributed by atoms with Crippen molar-refractivity contribution in [3.63, 3.8) is 0 Å². The lowest BCUT2D eigenvalue weighted by Gasteiger charge is -2.30. The Balaban J connectivity index is 0.00000288. The molecule has 0 aliphatic heterocycles. The predicted molar refractivity (Wildman–Crippen MR) is 109 cm³/mol. The van der Waals surface area contributed by atoms with Gasteiger partial charge in [-0.05, 0) is 24.8 Å². The molecular formula is C20H34ClNOS. The van der Waals surface area contributed by atoms with Gasteiger partial charge in [-0.2, -0.15) is 11.8 Å². The second-order valence-corrected chi connectivity index (χ2v) is 8.23. The summed E-state index contributed by atoms with van der Waals surface area (Å²) >= 11 is 1.94. The molecule has 0 bridgehead atoms. The molecule has 138 valence electrons. The smallest absolute Gasteiger partial charge is 0.0787 e. The number of halogens is 1. The molecule has 4 heteroatoms. The number of hydrogen-bond acceptors (Lipinski definition) is 3. The molecule has 0 radical (unpaired) electrons. The molecule has 2 nitrogen and oxygen atoms in total. The van der Waals surface area contributed by atoms with Gasteiger partial charge in [-0.1, -0.05) is 69.4 Å². The summed E-state index contributed by atoms with van der Waals surface area (Å²) in [6.45, 7) is 2.21. The summed E-state index contributed by atoms with van der Waals surface area (Å²) in [7, 11) is 0. The van der Waals surface area contributed by atoms with E-state index in [9.17, 15) is 5.11 Å². The van der Waals surface area contributed by atoms with E-state index in [2.05, 4.69) is 31.2 Å². The van der Waals surface area contributed by atoms with Crippen molar-refractivity contribution in [1.29, 1.82) is 0 Å². The molecule has 0 saturated heterocycles. The molecule has 3 unspecified atom stereocenters. The highest BCUT2D eigenvalue weighted by molar-refractivity contribution is 7.99. The van der Waals surface area contributed by atoms with Gasteiger partial charge in [0.05, 0.1) is 6.10 Å². The Bertz CT molecular complexity index is 425. The number of aliphatic hydroxyl groups excluding tert-OH is 1. The van der Waals surface area contributed by atoms with Gasteiger partial charge in [0.15, 0.2) is 0 Å². The molecule has 2 rings (SSSR count). The molecule has 24 heavy (non-hydrogen) atoms. The highest BCUT2D eigenvalue weighted by atomic mass is 35.5. The number of benzene rings is 1. The van der Waals surface area contributed by atoms with Crippen LogP contribution in [-0.4, -0.2) is 28.3 Å². The largest absolute Gasteiger partial charge is 0.391 e. The Hall–Kier alpha value is -0.220. The van der Waals surface area contributed by atoms with Crippen LogP contribution in [0.2, 0.25) is 0 Å². The average molecular weight is 372 g/mol. The Morgan fingerprint density at radius 2 is 1.83 bits per heavy atom. The van der Waals surface area contributed by atoms with Gasteiger partial charge < -0.3 is 10.8 Å². The first-order chi connectivity index (χ1) is 11.2. The first kappa shape index (κ1) is 21.8. The Labute approximate surface area is 158 Å². The fourth-order valence-corrected chi connectivity index (χ4v) is 4.91. The summed E-state index contributed by atoms with van der Waals surface area (Å²) in [5.74, 6) is 1.04. The van der Waals surface area contributed by atoms with Crippen molar-refractivity contribution < 1.29 is 5.11 Å². The lowest BCUT2D eigenvalue weighted by Crippen LogP contribution is -2.42. The van der Waals surface area contributed by atoms with E-state index in [-0.39, 0.29) is 24.4 Å². The minimum atomic E-state index is -0.413. The zero-order valence-corrected chi connectivity index (χ0v) is 16.5. The predicted octanol–water partition coefficient (Wildman–Crippen LogP) is 5.14. The molecule has 0 amide bonds. The third-order valence-corrected chi connectivity index (χ3v) is 6.54. The summed E-state index contributed by atoms with van der Waals surface area (Å²) in [4.78, 5) is 0. The molecule has 1 aliphatic rings. The van der Waals surface area contributed by atoms with Crippen molar-refractivity contribution in [2.45, 2.75) is 81.6 Å². The number of thioether (sulfide) groups is 1. The van der Waals surface area contributed by atoms with Gasteiger partial charge >= 0.3 is 0 Å². The standard InChI is InChI=1S/C20H33NOS.ClH/c1-2-3-14-18(16-10-6-4-7-11-16)20(21)19(22)15-23-17-12-8-5-9-13-17;/h4,6-7,10-11,17-20,22H,2-3,5,8-9,12-15,21H2,1H3;1H. The van der Waals surface area contributed by atoms with Crippen LogP contribution < -0.4 is 5.73 Å². The van der Waals surface area contributed by atoms with Crippen molar-refractivity contribution in [2.75, 3.05) is 5.75 Å². The first-order valence-corrected chi connectivity index (χ1v) is 10.4. The normalized spacial score (nSPS) is 19.3. The fraction of sp³-hybridized carbons (Fsp3) is 0.700. The van der Waals surface area contributed by atoms with E-state index in [0.717, 1.165) is 23.8 Å². The number of aliphatic hydroxyl groups is 1. The van der Waals surface area contributed by atoms with Gasteiger partial charge in [-0.25, -0.2) is 0 Å². The Morgan fingerprint density at radius 1 is 1.17 bits per heavy atom. The SMILES string of the molecule is CCCCC(c1ccccc1)C(N)C(O)CSC1CCCCC1.Cl. The van der Waals surface area contributed by atoms with Gasteiger partial charge in [0.25, 0.3) is 0 Å². The molecule has 1 aliphatic carbocycles. The van der Waals surface area contributed by atoms with Crippen molar-refractivity contribution in [2.24, 2.45) is 5.73 Å². The molecule has 1 aromatic carbocycles. The van der Waals surface area contributed by atoms with Gasteiger partial charge in [-0.3, -0.25) is 0 Å². The van der Waals surface area contributed by atoms with E-state index in [1.165, 1.54) is 44.1 Å². The zero-order valence-electron chi connectivity index (χ0n) is 14.9. The first-order valence-electron chi connectivity index (χ1n) is 9.32. The minimum Gasteiger partial charge on any atom is -0.391 e. The maximum atomic E-state index is 10.6. The summed E-state index contributed by atoms with van der Waals surface area (Å²) in [5, 5.41) is 11.4. The van der Waals surface area contributed by atoms with E-state index >= 15 is 0 Å². The lowest BCUT2D eigenvalue weighted by molar-refractivity contribution is 0.151. The van der Waals surface area contributed by atoms with Crippen LogP contribution in [-0.2, 0) is 0 Å². The highest BCUT2D eigenvalue weighted by Crippen LogP contribution is 2.31. The minimum absolute atomic E-state index is 0. The molecule has 0 heterocycles. The van der Waals surface area contributed by atoms with Crippen molar-refractivity contribution in [3.05, 3.63) is 35.9 Å². The maximum Gasteiger partial charge on any atom is 0.0787 e. The Kier molecular flexibility index (Phi) is 11.1. The number of rotatable bonds is 9. The molecule has 1 saturated carbocycles. The van der Waals surface area contributed by atoms with E-state index in [1.807, 2.05) is 17.8 Å². The average Bonchev–Trinajstić information content (AvgIpc) is 2.61. The zero-order chi connectivity index (χ0) is 16.5. The summed E-state index contributed by atoms with van der Waals surface area (Å²) in [6.07, 6.45) is 9.68. The lowest BCUT2D eigenvalue weighted by atomic mass is 9.85. The van der Waals surface area contributed by atoms with E-state index < -0.39 is 6.10 Å². The fourth-order valence-electron chi connectivity index (χ4n) is 3.55. The maximum absolute atomic E-state index is 10.6. The Morgan fingerprint density at radius 3 is 2.46 bits per heavy atom. The second-order valence-electron chi connectivity index (χ2n) is 6.90. The quantitative estimate of drug-likeness (QED) is 0.632. The van der Waals surface area contributed by atoms with Gasteiger partial charge in [0.1, 0.15) is 0 Å². The van der Waals surface area contributed by atoms with Crippen LogP contribution in [0, 0.1) is 0 Å². The van der Waals surface area contributed by atoms with Crippen LogP contribution in [0.1, 0.15) is 69.8 Å². The highest BCUT2D eigenvalue weighted by Gasteiger charge is 2.27. The van der Waals surface area contributed by atoms with E-state index in [1.54, 1.807) is 0 Å². The van der Waals surface area contributed by atoms with Crippen LogP contribution in [0.5, 0.6) is 0 Å². The van der Waals surface area contributed by atoms with Crippen LogP contribution in [0.25, 0.3) is 0 Å². The summed E-state index contributed by atoms with van der Waals surface area (Å²) in [6, 6.07) is 10.3. The monoisotopic (exact) mass is 371 g/mol. The molecule has 3 N–H and O–H groups in total. The molecule has 1 aromatic rings. The van der Waals surface area contributed by atoms with Gasteiger partial charge in [-0.15, -0.1) is 12.4 Å². The van der Waals surface area contributed by atoms with Gasteiger partial charge in [0, 0.05) is 23.0 Å². The molecule has 3 atom stereocenters. The van der Waals surface area contributed by atoms with E-state index in [0.29, 0.717) is 0 Å². The molecule has 1 fully saturated rings. The van der Waals surface area contributed by atoms with Gasteiger partial charge in [0.2, 0.25) is 0 Å². The van der Waals surface area contributed by atoms with Crippen LogP contribution >= 0.6 is 24.2 Å². The van der Waals surface area contributed by atoms with Crippen molar-refractivity contribution in [1.82, 2.24) is 0 Å². The number of unbranched alkanes of at least 4 members (excludes halogenated alkanes) is 1. The molecule has 0 spiro atoms. The second kappa shape index (κ2) is 12.2. The molecule has 0 aromatic heterocycles. The number of hydrogen-bond donors (Lipinski definition) is 2. The summed E-state index contributed by atoms with van der Waals surface area (Å²) in [5.41, 5.74) is 7.76. The summed E-state index contributed by atoms with van der Waals surface area (Å²) < 4.78 is 0. The van der Waals surface area contributed by atoms with E-state index in [4.69, 9.17) is 5.73 Å².